The van der Waals surface area contributed by atoms with E-state index in [1.807, 2.05) is 6.92 Å². The number of nitrogens with two attached hydrogens (primary N) is 1. The summed E-state index contributed by atoms with van der Waals surface area (Å²) in [5.74, 6) is -2.12. The van der Waals surface area contributed by atoms with Gasteiger partial charge in [-0.15, -0.1) is 0 Å². The molecule has 0 amide bonds. The Morgan fingerprint density at radius 2 is 2.13 bits per heavy atom. The summed E-state index contributed by atoms with van der Waals surface area (Å²) in [5.41, 5.74) is 5.51. The predicted octanol–water partition coefficient (Wildman–Crippen LogP) is 2.96. The largest absolute Gasteiger partial charge is 0.487 e. The van der Waals surface area contributed by atoms with Gasteiger partial charge in [0, 0.05) is 25.8 Å². The van der Waals surface area contributed by atoms with Crippen molar-refractivity contribution in [1.29, 1.82) is 0 Å². The number of benzene rings is 1. The fourth-order valence-electron chi connectivity index (χ4n) is 4.29. The molecular weight excluding hydrogens is 396 g/mol. The SMILES string of the molecule is CC1COc2c(N3CCCC(=C(F)CN)CC3)c(F)cc3c(=O)c(C(=O)O)cn1c23. The number of carbonyl (C=O) groups is 1. The lowest BCUT2D eigenvalue weighted by molar-refractivity contribution is 0.0694. The molecule has 1 saturated heterocycles. The molecule has 9 heteroatoms. The Morgan fingerprint density at radius 1 is 1.37 bits per heavy atom. The van der Waals surface area contributed by atoms with E-state index in [4.69, 9.17) is 10.5 Å². The van der Waals surface area contributed by atoms with Crippen LogP contribution >= 0.6 is 0 Å². The molecule has 0 bridgehead atoms. The summed E-state index contributed by atoms with van der Waals surface area (Å²) < 4.78 is 36.7. The van der Waals surface area contributed by atoms with Crippen molar-refractivity contribution in [2.75, 3.05) is 31.1 Å². The molecule has 3 N–H and O–H groups in total. The number of aromatic nitrogens is 1. The molecule has 2 aromatic rings. The molecule has 7 nitrogen and oxygen atoms in total. The van der Waals surface area contributed by atoms with Crippen molar-refractivity contribution in [3.63, 3.8) is 0 Å². The Morgan fingerprint density at radius 3 is 2.83 bits per heavy atom. The van der Waals surface area contributed by atoms with E-state index in [2.05, 4.69) is 0 Å². The Hall–Kier alpha value is -2.94. The molecule has 1 unspecified atom stereocenters. The van der Waals surface area contributed by atoms with Crippen LogP contribution in [0.25, 0.3) is 10.9 Å². The third-order valence-electron chi connectivity index (χ3n) is 5.84. The van der Waals surface area contributed by atoms with Gasteiger partial charge < -0.3 is 25.0 Å². The quantitative estimate of drug-likeness (QED) is 0.794. The third kappa shape index (κ3) is 3.23. The minimum atomic E-state index is -1.36. The summed E-state index contributed by atoms with van der Waals surface area (Å²) in [6.07, 6.45) is 2.89. The van der Waals surface area contributed by atoms with Gasteiger partial charge >= 0.3 is 5.97 Å². The molecule has 0 spiro atoms. The van der Waals surface area contributed by atoms with Crippen LogP contribution in [0.5, 0.6) is 5.75 Å². The summed E-state index contributed by atoms with van der Waals surface area (Å²) in [6, 6.07) is 0.859. The highest BCUT2D eigenvalue weighted by Crippen LogP contribution is 2.42. The summed E-state index contributed by atoms with van der Waals surface area (Å²) in [6.45, 7) is 2.77. The van der Waals surface area contributed by atoms with E-state index in [0.717, 1.165) is 6.07 Å². The first-order valence-electron chi connectivity index (χ1n) is 9.92. The van der Waals surface area contributed by atoms with Crippen LogP contribution < -0.4 is 20.8 Å². The number of hydrogen-bond acceptors (Lipinski definition) is 5. The first kappa shape index (κ1) is 20.3. The van der Waals surface area contributed by atoms with E-state index in [0.29, 0.717) is 43.4 Å². The van der Waals surface area contributed by atoms with Crippen molar-refractivity contribution < 1.29 is 23.4 Å². The Labute approximate surface area is 171 Å². The summed E-state index contributed by atoms with van der Waals surface area (Å²) >= 11 is 0. The molecule has 1 fully saturated rings. The third-order valence-corrected chi connectivity index (χ3v) is 5.84. The molecule has 0 radical (unpaired) electrons. The Balaban J connectivity index is 1.89. The number of nitrogens with zero attached hydrogens (tertiary/aromatic N) is 2. The number of pyridine rings is 1. The smallest absolute Gasteiger partial charge is 0.341 e. The van der Waals surface area contributed by atoms with E-state index in [1.54, 1.807) is 9.47 Å². The number of halogens is 2. The van der Waals surface area contributed by atoms with Crippen LogP contribution in [0.3, 0.4) is 0 Å². The molecule has 2 aliphatic heterocycles. The minimum Gasteiger partial charge on any atom is -0.487 e. The second-order valence-corrected chi connectivity index (χ2v) is 7.73. The van der Waals surface area contributed by atoms with E-state index in [9.17, 15) is 19.1 Å². The van der Waals surface area contributed by atoms with Crippen LogP contribution in [0.15, 0.2) is 28.5 Å². The average Bonchev–Trinajstić information content (AvgIpc) is 2.97. The second-order valence-electron chi connectivity index (χ2n) is 7.73. The highest BCUT2D eigenvalue weighted by atomic mass is 19.1. The fraction of sp³-hybridized carbons (Fsp3) is 0.429. The number of carboxylic acids is 1. The van der Waals surface area contributed by atoms with Gasteiger partial charge in [-0.25, -0.2) is 13.6 Å². The van der Waals surface area contributed by atoms with Gasteiger partial charge in [-0.05, 0) is 37.8 Å². The van der Waals surface area contributed by atoms with Crippen LogP contribution in [-0.4, -0.2) is 41.9 Å². The van der Waals surface area contributed by atoms with Crippen LogP contribution in [0, 0.1) is 5.82 Å². The molecular formula is C21H23F2N3O4. The molecule has 1 atom stereocenters. The maximum absolute atomic E-state index is 15.2. The minimum absolute atomic E-state index is 0.0257. The molecule has 3 heterocycles. The Kier molecular flexibility index (Phi) is 5.23. The number of anilines is 1. The summed E-state index contributed by atoms with van der Waals surface area (Å²) in [4.78, 5) is 26.0. The molecule has 0 saturated carbocycles. The molecule has 4 rings (SSSR count). The van der Waals surface area contributed by atoms with Crippen molar-refractivity contribution in [2.45, 2.75) is 32.2 Å². The second kappa shape index (κ2) is 7.71. The maximum atomic E-state index is 15.2. The zero-order valence-corrected chi connectivity index (χ0v) is 16.6. The van der Waals surface area contributed by atoms with Crippen LogP contribution in [-0.2, 0) is 0 Å². The summed E-state index contributed by atoms with van der Waals surface area (Å²) in [5, 5.41) is 9.35. The van der Waals surface area contributed by atoms with Gasteiger partial charge in [0.15, 0.2) is 11.6 Å². The number of carboxylic acid groups (broad SMARTS) is 1. The van der Waals surface area contributed by atoms with E-state index < -0.39 is 22.8 Å². The van der Waals surface area contributed by atoms with Crippen LogP contribution in [0.2, 0.25) is 0 Å². The monoisotopic (exact) mass is 419 g/mol. The molecule has 160 valence electrons. The lowest BCUT2D eigenvalue weighted by atomic mass is 10.1. The predicted molar refractivity (Wildman–Crippen MR) is 109 cm³/mol. The van der Waals surface area contributed by atoms with Gasteiger partial charge in [0.1, 0.15) is 23.7 Å². The van der Waals surface area contributed by atoms with Crippen LogP contribution in [0.4, 0.5) is 14.5 Å². The van der Waals surface area contributed by atoms with E-state index >= 15 is 4.39 Å². The topological polar surface area (TPSA) is 97.8 Å². The van der Waals surface area contributed by atoms with Crippen molar-refractivity contribution >= 4 is 22.6 Å². The van der Waals surface area contributed by atoms with E-state index in [-0.39, 0.29) is 41.8 Å². The maximum Gasteiger partial charge on any atom is 0.341 e. The lowest BCUT2D eigenvalue weighted by Gasteiger charge is -2.32. The molecule has 1 aromatic heterocycles. The van der Waals surface area contributed by atoms with Crippen molar-refractivity contribution in [2.24, 2.45) is 5.73 Å². The van der Waals surface area contributed by atoms with E-state index in [1.165, 1.54) is 6.20 Å². The van der Waals surface area contributed by atoms with Crippen molar-refractivity contribution in [3.8, 4) is 5.75 Å². The molecule has 2 aliphatic rings. The molecule has 0 aliphatic carbocycles. The summed E-state index contributed by atoms with van der Waals surface area (Å²) in [7, 11) is 0. The number of hydrogen-bond donors (Lipinski definition) is 2. The normalized spacial score (nSPS) is 20.7. The van der Waals surface area contributed by atoms with Gasteiger partial charge in [-0.2, -0.15) is 0 Å². The molecule has 30 heavy (non-hydrogen) atoms. The van der Waals surface area contributed by atoms with Crippen molar-refractivity contribution in [1.82, 2.24) is 4.57 Å². The average molecular weight is 419 g/mol. The van der Waals surface area contributed by atoms with Crippen molar-refractivity contribution in [3.05, 3.63) is 45.3 Å². The highest BCUT2D eigenvalue weighted by Gasteiger charge is 2.30. The lowest BCUT2D eigenvalue weighted by Crippen LogP contribution is -2.30. The Bertz CT molecular complexity index is 1130. The number of aromatic carboxylic acids is 1. The van der Waals surface area contributed by atoms with Gasteiger partial charge in [-0.1, -0.05) is 0 Å². The van der Waals surface area contributed by atoms with Crippen LogP contribution in [0.1, 0.15) is 42.6 Å². The fourth-order valence-corrected chi connectivity index (χ4v) is 4.29. The number of rotatable bonds is 3. The van der Waals surface area contributed by atoms with Gasteiger partial charge in [-0.3, -0.25) is 4.79 Å². The zero-order chi connectivity index (χ0) is 21.6. The molecule has 1 aromatic carbocycles. The first-order valence-corrected chi connectivity index (χ1v) is 9.92. The first-order chi connectivity index (χ1) is 14.3. The standard InChI is InChI=1S/C21H23F2N3O4/c1-11-10-30-20-17-13(19(27)14(21(28)29)9-26(11)17)7-15(22)18(20)25-5-2-3-12(4-6-25)16(23)8-24/h7,9,11H,2-6,8,10,24H2,1H3,(H,28,29). The highest BCUT2D eigenvalue weighted by molar-refractivity contribution is 5.97. The van der Waals surface area contributed by atoms with Gasteiger partial charge in [0.2, 0.25) is 5.43 Å². The van der Waals surface area contributed by atoms with Gasteiger partial charge in [0.25, 0.3) is 0 Å². The zero-order valence-electron chi connectivity index (χ0n) is 16.6. The van der Waals surface area contributed by atoms with Gasteiger partial charge in [0.05, 0.1) is 16.9 Å². The number of ether oxygens (including phenoxy) is 1.